The number of rotatable bonds is 3. The molecule has 0 bridgehead atoms. The van der Waals surface area contributed by atoms with Crippen molar-refractivity contribution in [3.05, 3.63) is 0 Å². The molecule has 0 radical (unpaired) electrons. The van der Waals surface area contributed by atoms with Crippen molar-refractivity contribution in [1.29, 1.82) is 0 Å². The molecule has 0 amide bonds. The van der Waals surface area contributed by atoms with Gasteiger partial charge >= 0.3 is 0 Å². The SMILES string of the molecule is COCC(C)NC(=S)N1CCOC(C)(C)C1. The van der Waals surface area contributed by atoms with E-state index < -0.39 is 0 Å². The summed E-state index contributed by atoms with van der Waals surface area (Å²) in [6.45, 7) is 9.30. The summed E-state index contributed by atoms with van der Waals surface area (Å²) in [6, 6.07) is 0.239. The van der Waals surface area contributed by atoms with Crippen molar-refractivity contribution >= 4 is 17.3 Å². The highest BCUT2D eigenvalue weighted by Gasteiger charge is 2.28. The van der Waals surface area contributed by atoms with E-state index in [1.165, 1.54) is 0 Å². The predicted molar refractivity (Wildman–Crippen MR) is 68.7 cm³/mol. The van der Waals surface area contributed by atoms with Gasteiger partial charge in [0.25, 0.3) is 0 Å². The van der Waals surface area contributed by atoms with Gasteiger partial charge in [-0.2, -0.15) is 0 Å². The summed E-state index contributed by atoms with van der Waals surface area (Å²) < 4.78 is 10.7. The fourth-order valence-corrected chi connectivity index (χ4v) is 2.14. The first-order valence-corrected chi connectivity index (χ1v) is 6.04. The van der Waals surface area contributed by atoms with Crippen LogP contribution in [0.2, 0.25) is 0 Å². The van der Waals surface area contributed by atoms with Crippen LogP contribution in [0.5, 0.6) is 0 Å². The summed E-state index contributed by atoms with van der Waals surface area (Å²) in [5.74, 6) is 0. The number of methoxy groups -OCH3 is 1. The van der Waals surface area contributed by atoms with Gasteiger partial charge in [-0.25, -0.2) is 0 Å². The van der Waals surface area contributed by atoms with Crippen LogP contribution in [0.25, 0.3) is 0 Å². The van der Waals surface area contributed by atoms with Crippen LogP contribution in [0.3, 0.4) is 0 Å². The lowest BCUT2D eigenvalue weighted by Gasteiger charge is -2.40. The van der Waals surface area contributed by atoms with E-state index >= 15 is 0 Å². The largest absolute Gasteiger partial charge is 0.383 e. The Bertz CT molecular complexity index is 246. The zero-order chi connectivity index (χ0) is 12.2. The van der Waals surface area contributed by atoms with Gasteiger partial charge in [0.05, 0.1) is 18.8 Å². The molecule has 5 heteroatoms. The fourth-order valence-electron chi connectivity index (χ4n) is 1.78. The third kappa shape index (κ3) is 4.23. The van der Waals surface area contributed by atoms with E-state index in [1.807, 2.05) is 0 Å². The minimum Gasteiger partial charge on any atom is -0.383 e. The molecule has 0 aromatic heterocycles. The number of hydrogen-bond donors (Lipinski definition) is 1. The van der Waals surface area contributed by atoms with Crippen molar-refractivity contribution in [2.45, 2.75) is 32.4 Å². The monoisotopic (exact) mass is 246 g/mol. The van der Waals surface area contributed by atoms with E-state index in [-0.39, 0.29) is 11.6 Å². The van der Waals surface area contributed by atoms with Crippen LogP contribution in [0.1, 0.15) is 20.8 Å². The summed E-state index contributed by atoms with van der Waals surface area (Å²) in [7, 11) is 1.69. The standard InChI is InChI=1S/C11H22N2O2S/c1-9(7-14-4)12-10(16)13-5-6-15-11(2,3)8-13/h9H,5-8H2,1-4H3,(H,12,16). The maximum Gasteiger partial charge on any atom is 0.169 e. The molecule has 94 valence electrons. The first-order chi connectivity index (χ1) is 7.44. The molecule has 1 aliphatic rings. The Morgan fingerprint density at radius 3 is 2.88 bits per heavy atom. The number of nitrogens with one attached hydrogen (secondary N) is 1. The van der Waals surface area contributed by atoms with E-state index in [4.69, 9.17) is 21.7 Å². The van der Waals surface area contributed by atoms with Crippen molar-refractivity contribution in [3.8, 4) is 0 Å². The average Bonchev–Trinajstić information content (AvgIpc) is 2.16. The highest BCUT2D eigenvalue weighted by molar-refractivity contribution is 7.80. The van der Waals surface area contributed by atoms with Gasteiger partial charge in [-0.3, -0.25) is 0 Å². The number of nitrogens with zero attached hydrogens (tertiary/aromatic N) is 1. The van der Waals surface area contributed by atoms with Gasteiger partial charge in [-0.1, -0.05) is 0 Å². The Morgan fingerprint density at radius 2 is 2.31 bits per heavy atom. The Labute approximate surface area is 103 Å². The molecular formula is C11H22N2O2S. The van der Waals surface area contributed by atoms with Crippen LogP contribution in [0, 0.1) is 0 Å². The van der Waals surface area contributed by atoms with Crippen LogP contribution in [-0.4, -0.2) is 55.1 Å². The third-order valence-electron chi connectivity index (χ3n) is 2.50. The van der Waals surface area contributed by atoms with E-state index in [9.17, 15) is 0 Å². The minimum absolute atomic E-state index is 0.117. The summed E-state index contributed by atoms with van der Waals surface area (Å²) in [5, 5.41) is 4.06. The Balaban J connectivity index is 2.41. The van der Waals surface area contributed by atoms with Crippen molar-refractivity contribution < 1.29 is 9.47 Å². The summed E-state index contributed by atoms with van der Waals surface area (Å²) in [5.41, 5.74) is -0.117. The molecular weight excluding hydrogens is 224 g/mol. The van der Waals surface area contributed by atoms with Crippen LogP contribution in [0.15, 0.2) is 0 Å². The van der Waals surface area contributed by atoms with Crippen LogP contribution in [-0.2, 0) is 9.47 Å². The normalized spacial score (nSPS) is 21.6. The average molecular weight is 246 g/mol. The van der Waals surface area contributed by atoms with Gasteiger partial charge in [0.1, 0.15) is 0 Å². The first-order valence-electron chi connectivity index (χ1n) is 5.63. The highest BCUT2D eigenvalue weighted by Crippen LogP contribution is 2.16. The molecule has 4 nitrogen and oxygen atoms in total. The molecule has 0 saturated carbocycles. The quantitative estimate of drug-likeness (QED) is 0.752. The van der Waals surface area contributed by atoms with Gasteiger partial charge in [0, 0.05) is 26.2 Å². The minimum atomic E-state index is -0.117. The van der Waals surface area contributed by atoms with Crippen molar-refractivity contribution in [1.82, 2.24) is 10.2 Å². The van der Waals surface area contributed by atoms with Crippen LogP contribution >= 0.6 is 12.2 Å². The molecule has 0 spiro atoms. The zero-order valence-electron chi connectivity index (χ0n) is 10.6. The van der Waals surface area contributed by atoms with E-state index in [0.29, 0.717) is 6.61 Å². The third-order valence-corrected chi connectivity index (χ3v) is 2.88. The van der Waals surface area contributed by atoms with E-state index in [1.54, 1.807) is 7.11 Å². The Morgan fingerprint density at radius 1 is 1.62 bits per heavy atom. The second-order valence-corrected chi connectivity index (χ2v) is 5.22. The lowest BCUT2D eigenvalue weighted by Crippen LogP contribution is -2.55. The number of hydrogen-bond acceptors (Lipinski definition) is 3. The maximum atomic E-state index is 5.64. The Kier molecular flexibility index (Phi) is 4.95. The molecule has 1 saturated heterocycles. The highest BCUT2D eigenvalue weighted by atomic mass is 32.1. The lowest BCUT2D eigenvalue weighted by molar-refractivity contribution is -0.0680. The Hall–Kier alpha value is -0.390. The van der Waals surface area contributed by atoms with Gasteiger partial charge in [-0.05, 0) is 33.0 Å². The van der Waals surface area contributed by atoms with Crippen LogP contribution < -0.4 is 5.32 Å². The first kappa shape index (κ1) is 13.7. The molecule has 1 unspecified atom stereocenters. The summed E-state index contributed by atoms with van der Waals surface area (Å²) >= 11 is 5.37. The van der Waals surface area contributed by atoms with Crippen molar-refractivity contribution in [3.63, 3.8) is 0 Å². The molecule has 1 aliphatic heterocycles. The molecule has 1 atom stereocenters. The molecule has 16 heavy (non-hydrogen) atoms. The summed E-state index contributed by atoms with van der Waals surface area (Å²) in [4.78, 5) is 2.16. The maximum absolute atomic E-state index is 5.64. The zero-order valence-corrected chi connectivity index (χ0v) is 11.4. The summed E-state index contributed by atoms with van der Waals surface area (Å²) in [6.07, 6.45) is 0. The van der Waals surface area contributed by atoms with Gasteiger partial charge in [-0.15, -0.1) is 0 Å². The van der Waals surface area contributed by atoms with Crippen LogP contribution in [0.4, 0.5) is 0 Å². The van der Waals surface area contributed by atoms with E-state index in [2.05, 4.69) is 31.0 Å². The second-order valence-electron chi connectivity index (χ2n) is 4.84. The van der Waals surface area contributed by atoms with Crippen molar-refractivity contribution in [2.24, 2.45) is 0 Å². The second kappa shape index (κ2) is 5.80. The molecule has 1 rings (SSSR count). The number of ether oxygens (including phenoxy) is 2. The molecule has 0 aliphatic carbocycles. The lowest BCUT2D eigenvalue weighted by atomic mass is 10.1. The molecule has 1 fully saturated rings. The molecule has 1 N–H and O–H groups in total. The number of thiocarbonyl (C=S) groups is 1. The van der Waals surface area contributed by atoms with Gasteiger partial charge in [0.2, 0.25) is 0 Å². The number of morpholine rings is 1. The fraction of sp³-hybridized carbons (Fsp3) is 0.909. The van der Waals surface area contributed by atoms with E-state index in [0.717, 1.165) is 24.8 Å². The predicted octanol–water partition coefficient (Wildman–Crippen LogP) is 1.01. The molecule has 0 aromatic rings. The molecule has 0 aromatic carbocycles. The van der Waals surface area contributed by atoms with Gasteiger partial charge < -0.3 is 19.7 Å². The van der Waals surface area contributed by atoms with Gasteiger partial charge in [0.15, 0.2) is 5.11 Å². The molecule has 1 heterocycles. The van der Waals surface area contributed by atoms with Crippen molar-refractivity contribution in [2.75, 3.05) is 33.4 Å². The topological polar surface area (TPSA) is 33.7 Å². The smallest absolute Gasteiger partial charge is 0.169 e.